The van der Waals surface area contributed by atoms with E-state index in [0.717, 1.165) is 5.56 Å². The second kappa shape index (κ2) is 8.04. The lowest BCUT2D eigenvalue weighted by Crippen LogP contribution is -2.32. The summed E-state index contributed by atoms with van der Waals surface area (Å²) < 4.78 is 18.5. The molecule has 0 saturated carbocycles. The first-order valence-corrected chi connectivity index (χ1v) is 7.60. The van der Waals surface area contributed by atoms with E-state index in [4.69, 9.17) is 27.9 Å². The maximum absolute atomic E-state index is 13.0. The van der Waals surface area contributed by atoms with Crippen LogP contribution in [0.15, 0.2) is 36.4 Å². The molecule has 2 N–H and O–H groups in total. The molecule has 0 saturated heterocycles. The number of hydrogen-bond donors (Lipinski definition) is 2. The molecule has 0 aliphatic heterocycles. The van der Waals surface area contributed by atoms with Crippen LogP contribution >= 0.6 is 23.2 Å². The van der Waals surface area contributed by atoms with Gasteiger partial charge in [-0.25, -0.2) is 9.18 Å². The molecule has 4 nitrogen and oxygen atoms in total. The van der Waals surface area contributed by atoms with Gasteiger partial charge in [0, 0.05) is 10.7 Å². The molecule has 0 fully saturated rings. The van der Waals surface area contributed by atoms with E-state index in [0.29, 0.717) is 29.6 Å². The zero-order valence-electron chi connectivity index (χ0n) is 12.3. The number of hydrogen-bond acceptors (Lipinski definition) is 2. The van der Waals surface area contributed by atoms with Crippen LogP contribution in [0.25, 0.3) is 0 Å². The van der Waals surface area contributed by atoms with Crippen LogP contribution < -0.4 is 15.4 Å². The molecule has 2 aromatic carbocycles. The largest absolute Gasteiger partial charge is 0.492 e. The van der Waals surface area contributed by atoms with Crippen molar-refractivity contribution in [1.82, 2.24) is 5.32 Å². The van der Waals surface area contributed by atoms with E-state index in [2.05, 4.69) is 10.6 Å². The number of aryl methyl sites for hydroxylation is 1. The Morgan fingerprint density at radius 2 is 1.96 bits per heavy atom. The van der Waals surface area contributed by atoms with Crippen molar-refractivity contribution in [3.8, 4) is 5.75 Å². The topological polar surface area (TPSA) is 50.4 Å². The van der Waals surface area contributed by atoms with E-state index in [1.807, 2.05) is 13.0 Å². The van der Waals surface area contributed by atoms with E-state index >= 15 is 0 Å². The molecular weight excluding hydrogens is 342 g/mol. The number of amides is 2. The molecule has 122 valence electrons. The second-order valence-electron chi connectivity index (χ2n) is 4.77. The first-order chi connectivity index (χ1) is 11.0. The van der Waals surface area contributed by atoms with Crippen LogP contribution in [0.3, 0.4) is 0 Å². The van der Waals surface area contributed by atoms with Gasteiger partial charge in [0.15, 0.2) is 0 Å². The van der Waals surface area contributed by atoms with E-state index in [1.54, 1.807) is 12.1 Å². The average molecular weight is 357 g/mol. The van der Waals surface area contributed by atoms with Crippen molar-refractivity contribution in [3.63, 3.8) is 0 Å². The lowest BCUT2D eigenvalue weighted by Gasteiger charge is -2.10. The van der Waals surface area contributed by atoms with Gasteiger partial charge in [0.1, 0.15) is 18.2 Å². The number of carbonyl (C=O) groups excluding carboxylic acids is 1. The third-order valence-electron chi connectivity index (χ3n) is 2.96. The summed E-state index contributed by atoms with van der Waals surface area (Å²) in [6.45, 7) is 2.50. The SMILES string of the molecule is Cc1cc(OCCNC(=O)Nc2ccc(F)c(Cl)c2)ccc1Cl. The van der Waals surface area contributed by atoms with E-state index in [1.165, 1.54) is 18.2 Å². The summed E-state index contributed by atoms with van der Waals surface area (Å²) in [6, 6.07) is 8.86. The highest BCUT2D eigenvalue weighted by Crippen LogP contribution is 2.21. The summed E-state index contributed by atoms with van der Waals surface area (Å²) in [7, 11) is 0. The third kappa shape index (κ3) is 5.30. The van der Waals surface area contributed by atoms with Crippen LogP contribution in [0.4, 0.5) is 14.9 Å². The molecule has 0 aliphatic rings. The van der Waals surface area contributed by atoms with Crippen molar-refractivity contribution in [2.45, 2.75) is 6.92 Å². The van der Waals surface area contributed by atoms with Crippen LogP contribution in [-0.2, 0) is 0 Å². The van der Waals surface area contributed by atoms with Gasteiger partial charge >= 0.3 is 6.03 Å². The Balaban J connectivity index is 1.74. The number of nitrogens with one attached hydrogen (secondary N) is 2. The Morgan fingerprint density at radius 1 is 1.17 bits per heavy atom. The molecule has 0 unspecified atom stereocenters. The predicted octanol–water partition coefficient (Wildman–Crippen LogP) is 4.64. The number of anilines is 1. The Hall–Kier alpha value is -1.98. The van der Waals surface area contributed by atoms with Crippen molar-refractivity contribution >= 4 is 34.9 Å². The minimum Gasteiger partial charge on any atom is -0.492 e. The van der Waals surface area contributed by atoms with Crippen molar-refractivity contribution in [3.05, 3.63) is 57.8 Å². The number of halogens is 3. The summed E-state index contributed by atoms with van der Waals surface area (Å²) in [6.07, 6.45) is 0. The van der Waals surface area contributed by atoms with Crippen molar-refractivity contribution < 1.29 is 13.9 Å². The normalized spacial score (nSPS) is 10.3. The van der Waals surface area contributed by atoms with Crippen molar-refractivity contribution in [2.24, 2.45) is 0 Å². The number of urea groups is 1. The highest BCUT2D eigenvalue weighted by atomic mass is 35.5. The molecule has 0 radical (unpaired) electrons. The van der Waals surface area contributed by atoms with Gasteiger partial charge in [-0.3, -0.25) is 0 Å². The fourth-order valence-electron chi connectivity index (χ4n) is 1.79. The lowest BCUT2D eigenvalue weighted by molar-refractivity contribution is 0.247. The van der Waals surface area contributed by atoms with E-state index < -0.39 is 11.8 Å². The molecule has 0 aromatic heterocycles. The summed E-state index contributed by atoms with van der Waals surface area (Å²) in [5, 5.41) is 5.80. The van der Waals surface area contributed by atoms with E-state index in [9.17, 15) is 9.18 Å². The second-order valence-corrected chi connectivity index (χ2v) is 5.58. The summed E-state index contributed by atoms with van der Waals surface area (Å²) >= 11 is 11.6. The van der Waals surface area contributed by atoms with Gasteiger partial charge in [0.25, 0.3) is 0 Å². The van der Waals surface area contributed by atoms with Crippen LogP contribution in [-0.4, -0.2) is 19.2 Å². The zero-order valence-corrected chi connectivity index (χ0v) is 13.8. The fraction of sp³-hybridized carbons (Fsp3) is 0.188. The third-order valence-corrected chi connectivity index (χ3v) is 3.68. The summed E-state index contributed by atoms with van der Waals surface area (Å²) in [5.74, 6) is 0.142. The first-order valence-electron chi connectivity index (χ1n) is 6.84. The Bertz CT molecular complexity index is 710. The van der Waals surface area contributed by atoms with Crippen molar-refractivity contribution in [2.75, 3.05) is 18.5 Å². The van der Waals surface area contributed by atoms with Crippen LogP contribution in [0, 0.1) is 12.7 Å². The van der Waals surface area contributed by atoms with Crippen molar-refractivity contribution in [1.29, 1.82) is 0 Å². The molecule has 0 bridgehead atoms. The van der Waals surface area contributed by atoms with Crippen LogP contribution in [0.1, 0.15) is 5.56 Å². The molecule has 0 atom stereocenters. The highest BCUT2D eigenvalue weighted by molar-refractivity contribution is 6.31. The Kier molecular flexibility index (Phi) is 6.07. The molecule has 2 amide bonds. The molecule has 2 rings (SSSR count). The molecule has 0 spiro atoms. The standard InChI is InChI=1S/C16H15Cl2FN2O2/c1-10-8-12(3-4-13(10)17)23-7-6-20-16(22)21-11-2-5-15(19)14(18)9-11/h2-5,8-9H,6-7H2,1H3,(H2,20,21,22). The smallest absolute Gasteiger partial charge is 0.319 e. The lowest BCUT2D eigenvalue weighted by atomic mass is 10.2. The fourth-order valence-corrected chi connectivity index (χ4v) is 2.09. The quantitative estimate of drug-likeness (QED) is 0.766. The van der Waals surface area contributed by atoms with Gasteiger partial charge in [-0.1, -0.05) is 23.2 Å². The summed E-state index contributed by atoms with van der Waals surface area (Å²) in [5.41, 5.74) is 1.33. The van der Waals surface area contributed by atoms with Gasteiger partial charge in [-0.2, -0.15) is 0 Å². The van der Waals surface area contributed by atoms with Gasteiger partial charge in [-0.15, -0.1) is 0 Å². The molecule has 2 aromatic rings. The highest BCUT2D eigenvalue weighted by Gasteiger charge is 2.05. The Morgan fingerprint density at radius 3 is 2.65 bits per heavy atom. The average Bonchev–Trinajstić information content (AvgIpc) is 2.51. The number of ether oxygens (including phenoxy) is 1. The number of benzene rings is 2. The number of carbonyl (C=O) groups is 1. The maximum Gasteiger partial charge on any atom is 0.319 e. The first kappa shape index (κ1) is 17.4. The Labute approximate surface area is 143 Å². The van der Waals surface area contributed by atoms with Gasteiger partial charge in [0.05, 0.1) is 11.6 Å². The molecule has 7 heteroatoms. The van der Waals surface area contributed by atoms with E-state index in [-0.39, 0.29) is 5.02 Å². The van der Waals surface area contributed by atoms with Crippen LogP contribution in [0.2, 0.25) is 10.0 Å². The zero-order chi connectivity index (χ0) is 16.8. The summed E-state index contributed by atoms with van der Waals surface area (Å²) in [4.78, 5) is 11.7. The van der Waals surface area contributed by atoms with Crippen LogP contribution in [0.5, 0.6) is 5.75 Å². The molecular formula is C16H15Cl2FN2O2. The molecule has 0 heterocycles. The monoisotopic (exact) mass is 356 g/mol. The van der Waals surface area contributed by atoms with Gasteiger partial charge in [-0.05, 0) is 48.9 Å². The molecule has 0 aliphatic carbocycles. The maximum atomic E-state index is 13.0. The minimum atomic E-state index is -0.538. The van der Waals surface area contributed by atoms with Gasteiger partial charge in [0.2, 0.25) is 0 Å². The molecule has 23 heavy (non-hydrogen) atoms. The minimum absolute atomic E-state index is 0.0516. The van der Waals surface area contributed by atoms with Gasteiger partial charge < -0.3 is 15.4 Å². The predicted molar refractivity (Wildman–Crippen MR) is 90.1 cm³/mol. The number of rotatable bonds is 5.